The fraction of sp³-hybridized carbons (Fsp3) is 0.440. The number of phenolic OH excluding ortho intramolecular Hbond substituents is 1. The highest BCUT2D eigenvalue weighted by molar-refractivity contribution is 6.31. The van der Waals surface area contributed by atoms with Gasteiger partial charge in [0, 0.05) is 29.7 Å². The van der Waals surface area contributed by atoms with E-state index in [2.05, 4.69) is 10.2 Å². The molecule has 2 aliphatic rings. The molecule has 2 aliphatic heterocycles. The van der Waals surface area contributed by atoms with Gasteiger partial charge in [0.05, 0.1) is 6.54 Å². The van der Waals surface area contributed by atoms with Gasteiger partial charge in [-0.05, 0) is 74.5 Å². The van der Waals surface area contributed by atoms with Crippen molar-refractivity contribution in [3.05, 3.63) is 64.2 Å². The topological polar surface area (TPSA) is 72.9 Å². The number of halogens is 1. The van der Waals surface area contributed by atoms with Crippen molar-refractivity contribution in [2.24, 2.45) is 0 Å². The standard InChI is InChI=1S/C25H30ClN3O3/c1-17-6-7-19(14-22(17)26)25(32)27-15-24(31)29-13-10-20(16-29)28-11-8-18(9-12-28)21-4-2-3-5-23(21)30/h2-7,14,18,20,30H,8-13,15-16H2,1H3,(H,27,32). The summed E-state index contributed by atoms with van der Waals surface area (Å²) in [6, 6.07) is 13.1. The minimum Gasteiger partial charge on any atom is -0.508 e. The number of carbonyl (C=O) groups excluding carboxylic acids is 2. The molecule has 2 fully saturated rings. The van der Waals surface area contributed by atoms with Gasteiger partial charge in [-0.15, -0.1) is 0 Å². The van der Waals surface area contributed by atoms with Crippen molar-refractivity contribution in [2.75, 3.05) is 32.7 Å². The van der Waals surface area contributed by atoms with E-state index >= 15 is 0 Å². The largest absolute Gasteiger partial charge is 0.508 e. The average molecular weight is 456 g/mol. The van der Waals surface area contributed by atoms with Gasteiger partial charge in [0.15, 0.2) is 0 Å². The van der Waals surface area contributed by atoms with Crippen molar-refractivity contribution in [2.45, 2.75) is 38.1 Å². The SMILES string of the molecule is Cc1ccc(C(=O)NCC(=O)N2CCC(N3CCC(c4ccccc4O)CC3)C2)cc1Cl. The number of hydrogen-bond donors (Lipinski definition) is 2. The number of aryl methyl sites for hydroxylation is 1. The van der Waals surface area contributed by atoms with Gasteiger partial charge in [-0.3, -0.25) is 14.5 Å². The predicted octanol–water partition coefficient (Wildman–Crippen LogP) is 3.56. The molecule has 1 atom stereocenters. The van der Waals surface area contributed by atoms with E-state index in [1.54, 1.807) is 24.3 Å². The third kappa shape index (κ3) is 5.08. The number of aromatic hydroxyl groups is 1. The summed E-state index contributed by atoms with van der Waals surface area (Å²) in [7, 11) is 0. The van der Waals surface area contributed by atoms with Crippen molar-refractivity contribution in [1.29, 1.82) is 0 Å². The van der Waals surface area contributed by atoms with Crippen LogP contribution < -0.4 is 5.32 Å². The van der Waals surface area contributed by atoms with Gasteiger partial charge in [0.25, 0.3) is 5.91 Å². The molecule has 0 aliphatic carbocycles. The second-order valence-electron chi connectivity index (χ2n) is 8.80. The maximum absolute atomic E-state index is 12.6. The van der Waals surface area contributed by atoms with Crippen LogP contribution in [0.4, 0.5) is 0 Å². The molecule has 0 radical (unpaired) electrons. The normalized spacial score (nSPS) is 19.8. The summed E-state index contributed by atoms with van der Waals surface area (Å²) in [6.07, 6.45) is 2.98. The number of rotatable bonds is 5. The molecule has 6 nitrogen and oxygen atoms in total. The first-order valence-corrected chi connectivity index (χ1v) is 11.6. The van der Waals surface area contributed by atoms with Crippen LogP contribution in [-0.4, -0.2) is 65.5 Å². The average Bonchev–Trinajstić information content (AvgIpc) is 3.30. The first kappa shape index (κ1) is 22.6. The van der Waals surface area contributed by atoms with E-state index in [1.807, 2.05) is 30.0 Å². The molecule has 32 heavy (non-hydrogen) atoms. The number of likely N-dealkylation sites (tertiary alicyclic amines) is 2. The predicted molar refractivity (Wildman–Crippen MR) is 125 cm³/mol. The van der Waals surface area contributed by atoms with Crippen LogP contribution in [0.15, 0.2) is 42.5 Å². The van der Waals surface area contributed by atoms with E-state index in [4.69, 9.17) is 11.6 Å². The number of benzene rings is 2. The zero-order chi connectivity index (χ0) is 22.7. The van der Waals surface area contributed by atoms with Crippen LogP contribution >= 0.6 is 11.6 Å². The Morgan fingerprint density at radius 2 is 1.84 bits per heavy atom. The molecule has 170 valence electrons. The van der Waals surface area contributed by atoms with Crippen LogP contribution in [-0.2, 0) is 4.79 Å². The molecule has 4 rings (SSSR count). The van der Waals surface area contributed by atoms with Gasteiger partial charge in [0.1, 0.15) is 5.75 Å². The van der Waals surface area contributed by atoms with Crippen LogP contribution in [0.25, 0.3) is 0 Å². The fourth-order valence-electron chi connectivity index (χ4n) is 4.78. The number of nitrogens with one attached hydrogen (secondary N) is 1. The zero-order valence-electron chi connectivity index (χ0n) is 18.4. The Hall–Kier alpha value is -2.57. The number of piperidine rings is 1. The lowest BCUT2D eigenvalue weighted by Gasteiger charge is -2.36. The molecule has 2 N–H and O–H groups in total. The number of para-hydroxylation sites is 1. The van der Waals surface area contributed by atoms with Crippen LogP contribution in [0.2, 0.25) is 5.02 Å². The minimum atomic E-state index is -0.290. The van der Waals surface area contributed by atoms with Crippen molar-refractivity contribution in [1.82, 2.24) is 15.1 Å². The Morgan fingerprint density at radius 3 is 2.56 bits per heavy atom. The number of carbonyl (C=O) groups is 2. The van der Waals surface area contributed by atoms with E-state index in [-0.39, 0.29) is 18.4 Å². The van der Waals surface area contributed by atoms with E-state index in [0.29, 0.717) is 34.8 Å². The van der Waals surface area contributed by atoms with Gasteiger partial charge in [-0.25, -0.2) is 0 Å². The molecule has 2 saturated heterocycles. The first-order valence-electron chi connectivity index (χ1n) is 11.3. The molecule has 0 saturated carbocycles. The molecule has 7 heteroatoms. The Morgan fingerprint density at radius 1 is 1.09 bits per heavy atom. The number of phenols is 1. The number of amides is 2. The highest BCUT2D eigenvalue weighted by Crippen LogP contribution is 2.34. The highest BCUT2D eigenvalue weighted by Gasteiger charge is 2.33. The molecule has 2 aromatic carbocycles. The second-order valence-corrected chi connectivity index (χ2v) is 9.21. The van der Waals surface area contributed by atoms with E-state index in [0.717, 1.165) is 50.0 Å². The van der Waals surface area contributed by atoms with E-state index in [9.17, 15) is 14.7 Å². The lowest BCUT2D eigenvalue weighted by atomic mass is 9.88. The molecule has 1 unspecified atom stereocenters. The monoisotopic (exact) mass is 455 g/mol. The highest BCUT2D eigenvalue weighted by atomic mass is 35.5. The van der Waals surface area contributed by atoms with Crippen LogP contribution in [0.5, 0.6) is 5.75 Å². The molecule has 2 aromatic rings. The summed E-state index contributed by atoms with van der Waals surface area (Å²) in [4.78, 5) is 29.3. The molecular formula is C25H30ClN3O3. The third-order valence-corrected chi connectivity index (χ3v) is 7.18. The molecule has 0 aromatic heterocycles. The molecule has 0 bridgehead atoms. The summed E-state index contributed by atoms with van der Waals surface area (Å²) >= 11 is 6.09. The van der Waals surface area contributed by atoms with Crippen molar-refractivity contribution in [3.63, 3.8) is 0 Å². The lowest BCUT2D eigenvalue weighted by Crippen LogP contribution is -2.44. The second kappa shape index (κ2) is 9.92. The number of hydrogen-bond acceptors (Lipinski definition) is 4. The van der Waals surface area contributed by atoms with Crippen LogP contribution in [0.1, 0.15) is 46.7 Å². The molecule has 2 heterocycles. The maximum Gasteiger partial charge on any atom is 0.251 e. The van der Waals surface area contributed by atoms with Crippen LogP contribution in [0, 0.1) is 6.92 Å². The summed E-state index contributed by atoms with van der Waals surface area (Å²) in [6.45, 7) is 5.23. The minimum absolute atomic E-state index is 0.00753. The van der Waals surface area contributed by atoms with Gasteiger partial charge < -0.3 is 15.3 Å². The maximum atomic E-state index is 12.6. The van der Waals surface area contributed by atoms with E-state index < -0.39 is 0 Å². The van der Waals surface area contributed by atoms with Gasteiger partial charge >= 0.3 is 0 Å². The zero-order valence-corrected chi connectivity index (χ0v) is 19.1. The van der Waals surface area contributed by atoms with Crippen molar-refractivity contribution < 1.29 is 14.7 Å². The Bertz CT molecular complexity index is 988. The fourth-order valence-corrected chi connectivity index (χ4v) is 4.96. The Kier molecular flexibility index (Phi) is 7.01. The van der Waals surface area contributed by atoms with Gasteiger partial charge in [-0.1, -0.05) is 35.9 Å². The third-order valence-electron chi connectivity index (χ3n) is 6.77. The van der Waals surface area contributed by atoms with Crippen molar-refractivity contribution in [3.8, 4) is 5.75 Å². The number of nitrogens with zero attached hydrogens (tertiary/aromatic N) is 2. The first-order chi connectivity index (χ1) is 15.4. The Balaban J connectivity index is 1.24. The van der Waals surface area contributed by atoms with Gasteiger partial charge in [-0.2, -0.15) is 0 Å². The molecular weight excluding hydrogens is 426 g/mol. The molecule has 0 spiro atoms. The van der Waals surface area contributed by atoms with Crippen molar-refractivity contribution >= 4 is 23.4 Å². The van der Waals surface area contributed by atoms with Gasteiger partial charge in [0.2, 0.25) is 5.91 Å². The lowest BCUT2D eigenvalue weighted by molar-refractivity contribution is -0.129. The van der Waals surface area contributed by atoms with Crippen LogP contribution in [0.3, 0.4) is 0 Å². The Labute approximate surface area is 194 Å². The molecule has 2 amide bonds. The van der Waals surface area contributed by atoms with E-state index in [1.165, 1.54) is 0 Å². The summed E-state index contributed by atoms with van der Waals surface area (Å²) < 4.78 is 0. The summed E-state index contributed by atoms with van der Waals surface area (Å²) in [5, 5.41) is 13.4. The smallest absolute Gasteiger partial charge is 0.251 e. The summed E-state index contributed by atoms with van der Waals surface area (Å²) in [5.74, 6) is 0.431. The summed E-state index contributed by atoms with van der Waals surface area (Å²) in [5.41, 5.74) is 2.41. The quantitative estimate of drug-likeness (QED) is 0.723.